The number of amides is 1. The highest BCUT2D eigenvalue weighted by molar-refractivity contribution is 14.1. The molecule has 0 spiro atoms. The van der Waals surface area contributed by atoms with E-state index >= 15 is 0 Å². The number of carbonyl (C=O) groups excluding carboxylic acids is 1. The van der Waals surface area contributed by atoms with E-state index in [4.69, 9.17) is 9.47 Å². The van der Waals surface area contributed by atoms with E-state index in [2.05, 4.69) is 41.8 Å². The number of carbonyl (C=O) groups is 1. The first kappa shape index (κ1) is 19.0. The minimum atomic E-state index is -0.233. The van der Waals surface area contributed by atoms with Crippen LogP contribution in [0.2, 0.25) is 0 Å². The molecule has 0 radical (unpaired) electrons. The van der Waals surface area contributed by atoms with Gasteiger partial charge >= 0.3 is 0 Å². The monoisotopic (exact) mass is 465 g/mol. The topological polar surface area (TPSA) is 47.6 Å². The standard InChI is InChI=1S/C21H24INO3/c1-3-21(4-2)13-18(17-7-5-6-8-19(17)26-21)23-20(24)14-25-16-11-9-15(22)10-12-16/h5-12,18H,3-4,13-14H2,1-2H3,(H,23,24)/t18-/m0/s1. The Morgan fingerprint density at radius 1 is 1.19 bits per heavy atom. The van der Waals surface area contributed by atoms with Crippen molar-refractivity contribution in [1.82, 2.24) is 5.32 Å². The quantitative estimate of drug-likeness (QED) is 0.620. The Balaban J connectivity index is 1.69. The molecule has 26 heavy (non-hydrogen) atoms. The largest absolute Gasteiger partial charge is 0.487 e. The fourth-order valence-electron chi connectivity index (χ4n) is 3.35. The second kappa shape index (κ2) is 8.29. The molecule has 1 heterocycles. The molecule has 2 aromatic rings. The summed E-state index contributed by atoms with van der Waals surface area (Å²) >= 11 is 2.24. The van der Waals surface area contributed by atoms with Gasteiger partial charge in [-0.05, 0) is 65.8 Å². The molecule has 1 aliphatic heterocycles. The number of nitrogens with one attached hydrogen (secondary N) is 1. The maximum absolute atomic E-state index is 12.5. The zero-order valence-electron chi connectivity index (χ0n) is 15.1. The van der Waals surface area contributed by atoms with E-state index in [-0.39, 0.29) is 24.2 Å². The second-order valence-corrected chi connectivity index (χ2v) is 7.84. The van der Waals surface area contributed by atoms with Gasteiger partial charge in [-0.2, -0.15) is 0 Å². The van der Waals surface area contributed by atoms with Gasteiger partial charge in [-0.25, -0.2) is 0 Å². The number of rotatable bonds is 6. The van der Waals surface area contributed by atoms with Crippen LogP contribution in [0.3, 0.4) is 0 Å². The lowest BCUT2D eigenvalue weighted by atomic mass is 9.83. The molecular weight excluding hydrogens is 441 g/mol. The third kappa shape index (κ3) is 4.31. The minimum absolute atomic E-state index is 0.00532. The first-order chi connectivity index (χ1) is 12.5. The summed E-state index contributed by atoms with van der Waals surface area (Å²) in [6, 6.07) is 15.6. The highest BCUT2D eigenvalue weighted by Crippen LogP contribution is 2.42. The highest BCUT2D eigenvalue weighted by Gasteiger charge is 2.38. The fraction of sp³-hybridized carbons (Fsp3) is 0.381. The molecule has 5 heteroatoms. The van der Waals surface area contributed by atoms with Crippen LogP contribution in [0, 0.1) is 3.57 Å². The van der Waals surface area contributed by atoms with Crippen molar-refractivity contribution in [3.8, 4) is 11.5 Å². The van der Waals surface area contributed by atoms with Crippen molar-refractivity contribution in [2.24, 2.45) is 0 Å². The van der Waals surface area contributed by atoms with Crippen molar-refractivity contribution in [3.63, 3.8) is 0 Å². The van der Waals surface area contributed by atoms with Crippen LogP contribution >= 0.6 is 22.6 Å². The average molecular weight is 465 g/mol. The third-order valence-corrected chi connectivity index (χ3v) is 5.72. The number of hydrogen-bond donors (Lipinski definition) is 1. The molecule has 0 aromatic heterocycles. The molecule has 0 saturated heterocycles. The van der Waals surface area contributed by atoms with Gasteiger partial charge in [0.05, 0.1) is 6.04 Å². The Morgan fingerprint density at radius 2 is 1.88 bits per heavy atom. The summed E-state index contributed by atoms with van der Waals surface area (Å²) in [7, 11) is 0. The van der Waals surface area contributed by atoms with E-state index in [0.717, 1.165) is 34.1 Å². The number of ether oxygens (including phenoxy) is 2. The molecular formula is C21H24INO3. The number of fused-ring (bicyclic) bond motifs is 1. The van der Waals surface area contributed by atoms with Crippen LogP contribution in [0.5, 0.6) is 11.5 Å². The van der Waals surface area contributed by atoms with Gasteiger partial charge in [-0.1, -0.05) is 32.0 Å². The normalized spacial score (nSPS) is 17.7. The Hall–Kier alpha value is -1.76. The van der Waals surface area contributed by atoms with Gasteiger partial charge in [0.1, 0.15) is 17.1 Å². The summed E-state index contributed by atoms with van der Waals surface area (Å²) in [5.41, 5.74) is 0.802. The predicted octanol–water partition coefficient (Wildman–Crippen LogP) is 4.87. The van der Waals surface area contributed by atoms with E-state index in [9.17, 15) is 4.79 Å². The summed E-state index contributed by atoms with van der Waals surface area (Å²) in [5, 5.41) is 3.13. The van der Waals surface area contributed by atoms with Crippen LogP contribution in [0.1, 0.15) is 44.7 Å². The van der Waals surface area contributed by atoms with Gasteiger partial charge in [0, 0.05) is 15.6 Å². The molecule has 0 bridgehead atoms. The predicted molar refractivity (Wildman–Crippen MR) is 111 cm³/mol. The molecule has 0 fully saturated rings. The Labute approximate surface area is 168 Å². The zero-order chi connectivity index (χ0) is 18.6. The Bertz CT molecular complexity index is 756. The highest BCUT2D eigenvalue weighted by atomic mass is 127. The molecule has 1 aliphatic rings. The maximum atomic E-state index is 12.5. The lowest BCUT2D eigenvalue weighted by Gasteiger charge is -2.41. The van der Waals surface area contributed by atoms with E-state index in [1.807, 2.05) is 48.5 Å². The van der Waals surface area contributed by atoms with Crippen molar-refractivity contribution >= 4 is 28.5 Å². The van der Waals surface area contributed by atoms with E-state index < -0.39 is 0 Å². The molecule has 1 amide bonds. The summed E-state index contributed by atoms with van der Waals surface area (Å²) < 4.78 is 13.0. The summed E-state index contributed by atoms with van der Waals surface area (Å²) in [6.45, 7) is 4.28. The van der Waals surface area contributed by atoms with Crippen molar-refractivity contribution in [1.29, 1.82) is 0 Å². The summed E-state index contributed by atoms with van der Waals surface area (Å²) in [6.07, 6.45) is 2.58. The van der Waals surface area contributed by atoms with E-state index in [1.54, 1.807) is 0 Å². The van der Waals surface area contributed by atoms with Crippen LogP contribution in [0.4, 0.5) is 0 Å². The van der Waals surface area contributed by atoms with Gasteiger partial charge < -0.3 is 14.8 Å². The van der Waals surface area contributed by atoms with Crippen LogP contribution in [-0.2, 0) is 4.79 Å². The lowest BCUT2D eigenvalue weighted by Crippen LogP contribution is -2.45. The van der Waals surface area contributed by atoms with Crippen molar-refractivity contribution in [2.45, 2.75) is 44.8 Å². The number of benzene rings is 2. The van der Waals surface area contributed by atoms with Crippen molar-refractivity contribution in [3.05, 3.63) is 57.7 Å². The second-order valence-electron chi connectivity index (χ2n) is 6.60. The Kier molecular flexibility index (Phi) is 6.06. The van der Waals surface area contributed by atoms with Gasteiger partial charge in [-0.3, -0.25) is 4.79 Å². The van der Waals surface area contributed by atoms with Gasteiger partial charge in [0.2, 0.25) is 0 Å². The minimum Gasteiger partial charge on any atom is -0.487 e. The van der Waals surface area contributed by atoms with E-state index in [1.165, 1.54) is 0 Å². The smallest absolute Gasteiger partial charge is 0.258 e. The molecule has 1 N–H and O–H groups in total. The van der Waals surface area contributed by atoms with Crippen LogP contribution in [-0.4, -0.2) is 18.1 Å². The first-order valence-electron chi connectivity index (χ1n) is 9.01. The molecule has 1 atom stereocenters. The van der Waals surface area contributed by atoms with Crippen LogP contribution < -0.4 is 14.8 Å². The molecule has 3 rings (SSSR count). The first-order valence-corrected chi connectivity index (χ1v) is 10.1. The SMILES string of the molecule is CCC1(CC)C[C@H](NC(=O)COc2ccc(I)cc2)c2ccccc2O1. The number of para-hydroxylation sites is 1. The third-order valence-electron chi connectivity index (χ3n) is 5.00. The molecule has 0 unspecified atom stereocenters. The van der Waals surface area contributed by atoms with Gasteiger partial charge in [-0.15, -0.1) is 0 Å². The van der Waals surface area contributed by atoms with Crippen molar-refractivity contribution < 1.29 is 14.3 Å². The van der Waals surface area contributed by atoms with Gasteiger partial charge in [0.25, 0.3) is 5.91 Å². The summed E-state index contributed by atoms with van der Waals surface area (Å²) in [5.74, 6) is 1.45. The molecule has 0 aliphatic carbocycles. The average Bonchev–Trinajstić information content (AvgIpc) is 2.67. The molecule has 138 valence electrons. The molecule has 4 nitrogen and oxygen atoms in total. The number of hydrogen-bond acceptors (Lipinski definition) is 3. The fourth-order valence-corrected chi connectivity index (χ4v) is 3.71. The van der Waals surface area contributed by atoms with Crippen LogP contribution in [0.25, 0.3) is 0 Å². The molecule has 2 aromatic carbocycles. The molecule has 0 saturated carbocycles. The Morgan fingerprint density at radius 3 is 2.58 bits per heavy atom. The number of halogens is 1. The van der Waals surface area contributed by atoms with Crippen LogP contribution in [0.15, 0.2) is 48.5 Å². The zero-order valence-corrected chi connectivity index (χ0v) is 17.3. The maximum Gasteiger partial charge on any atom is 0.258 e. The lowest BCUT2D eigenvalue weighted by molar-refractivity contribution is -0.124. The van der Waals surface area contributed by atoms with Crippen molar-refractivity contribution in [2.75, 3.05) is 6.61 Å². The summed E-state index contributed by atoms with van der Waals surface area (Å²) in [4.78, 5) is 12.5. The van der Waals surface area contributed by atoms with E-state index in [0.29, 0.717) is 5.75 Å². The van der Waals surface area contributed by atoms with Gasteiger partial charge in [0.15, 0.2) is 6.61 Å².